The number of nitrogens with zero attached hydrogens (tertiary/aromatic N) is 3. The molecule has 5 heteroatoms. The number of benzene rings is 9. The van der Waals surface area contributed by atoms with Crippen LogP contribution in [0.1, 0.15) is 0 Å². The predicted octanol–water partition coefficient (Wildman–Crippen LogP) is 10.4. The van der Waals surface area contributed by atoms with Gasteiger partial charge in [-0.15, -0.1) is 0 Å². The van der Waals surface area contributed by atoms with E-state index in [0.29, 0.717) is 17.5 Å². The standard InChI is InChI=1S/C59H43N3Si2/c1-63(2)53-31-19-18-30-47(53)51-38-50(41-22-10-4-11-23-41)52(39-54(51)63)59-61-57(42-24-12-5-13-25-42)60-58(62-59)44-33-35-49-48-34-32-43(40-20-8-3-9-21-40)36-55(48)64(56(49)37-44,45-26-14-6-15-27-45)46-28-16-7-17-29-46/h3-39H,1-2H3. The molecule has 1 aromatic heterocycles. The van der Waals surface area contributed by atoms with Gasteiger partial charge in [-0.25, -0.2) is 15.0 Å². The first kappa shape index (κ1) is 38.1. The number of aromatic nitrogens is 3. The summed E-state index contributed by atoms with van der Waals surface area (Å²) in [5.74, 6) is 2.00. The van der Waals surface area contributed by atoms with Gasteiger partial charge in [0.1, 0.15) is 8.07 Å². The highest BCUT2D eigenvalue weighted by molar-refractivity contribution is 7.22. The average Bonchev–Trinajstić information content (AvgIpc) is 3.79. The Morgan fingerprint density at radius 2 is 0.719 bits per heavy atom. The van der Waals surface area contributed by atoms with Gasteiger partial charge in [-0.2, -0.15) is 0 Å². The van der Waals surface area contributed by atoms with E-state index in [-0.39, 0.29) is 0 Å². The maximum absolute atomic E-state index is 5.54. The molecule has 12 rings (SSSR count). The van der Waals surface area contributed by atoms with Crippen LogP contribution >= 0.6 is 0 Å². The lowest BCUT2D eigenvalue weighted by Crippen LogP contribution is -2.72. The van der Waals surface area contributed by atoms with Crippen LogP contribution in [-0.2, 0) is 0 Å². The van der Waals surface area contributed by atoms with Crippen LogP contribution < -0.4 is 31.1 Å². The Hall–Kier alpha value is -7.58. The number of hydrogen-bond acceptors (Lipinski definition) is 3. The highest BCUT2D eigenvalue weighted by Crippen LogP contribution is 2.39. The monoisotopic (exact) mass is 849 g/mol. The molecular formula is C59H43N3Si2. The van der Waals surface area contributed by atoms with Crippen molar-refractivity contribution in [2.75, 3.05) is 0 Å². The van der Waals surface area contributed by atoms with Crippen LogP contribution in [0.5, 0.6) is 0 Å². The van der Waals surface area contributed by atoms with Crippen molar-refractivity contribution in [1.29, 1.82) is 0 Å². The fourth-order valence-electron chi connectivity index (χ4n) is 10.6. The number of rotatable bonds is 7. The van der Waals surface area contributed by atoms with Gasteiger partial charge in [-0.1, -0.05) is 231 Å². The van der Waals surface area contributed by atoms with Crippen LogP contribution in [0.2, 0.25) is 13.1 Å². The summed E-state index contributed by atoms with van der Waals surface area (Å²) in [4.78, 5) is 16.3. The lowest BCUT2D eigenvalue weighted by molar-refractivity contribution is 1.07. The molecule has 0 N–H and O–H groups in total. The maximum Gasteiger partial charge on any atom is 0.180 e. The van der Waals surface area contributed by atoms with Crippen molar-refractivity contribution in [2.45, 2.75) is 13.1 Å². The molecule has 2 aliphatic rings. The second-order valence-electron chi connectivity index (χ2n) is 17.5. The van der Waals surface area contributed by atoms with Crippen molar-refractivity contribution < 1.29 is 0 Å². The summed E-state index contributed by atoms with van der Waals surface area (Å²) >= 11 is 0. The Bertz CT molecular complexity index is 3350. The normalized spacial score (nSPS) is 13.7. The summed E-state index contributed by atoms with van der Waals surface area (Å²) in [5, 5.41) is 8.34. The molecule has 10 aromatic rings. The lowest BCUT2D eigenvalue weighted by Gasteiger charge is -2.31. The molecule has 0 aliphatic carbocycles. The third kappa shape index (κ3) is 5.96. The second kappa shape index (κ2) is 15.1. The van der Waals surface area contributed by atoms with Crippen molar-refractivity contribution in [3.8, 4) is 78.7 Å². The Labute approximate surface area is 376 Å². The minimum atomic E-state index is -2.89. The van der Waals surface area contributed by atoms with Crippen LogP contribution in [0, 0.1) is 0 Å². The Morgan fingerprint density at radius 3 is 1.33 bits per heavy atom. The number of fused-ring (bicyclic) bond motifs is 6. The van der Waals surface area contributed by atoms with Crippen molar-refractivity contribution in [3.05, 3.63) is 224 Å². The van der Waals surface area contributed by atoms with E-state index in [9.17, 15) is 0 Å². The molecule has 0 saturated carbocycles. The topological polar surface area (TPSA) is 38.7 Å². The van der Waals surface area contributed by atoms with Crippen LogP contribution in [0.25, 0.3) is 78.7 Å². The van der Waals surface area contributed by atoms with Crippen LogP contribution in [0.4, 0.5) is 0 Å². The van der Waals surface area contributed by atoms with Gasteiger partial charge in [-0.3, -0.25) is 0 Å². The molecule has 3 heterocycles. The zero-order chi connectivity index (χ0) is 42.8. The SMILES string of the molecule is C[Si]1(C)c2ccccc2-c2cc(-c3ccccc3)c(-c3nc(-c4ccccc4)nc(-c4ccc5c(c4)[Si](c4ccccc4)(c4ccccc4)c4cc(-c6ccccc6)ccc4-5)n3)cc21. The minimum absolute atomic E-state index is 0.658. The van der Waals surface area contributed by atoms with Crippen LogP contribution in [-0.4, -0.2) is 31.1 Å². The van der Waals surface area contributed by atoms with E-state index in [0.717, 1.165) is 27.8 Å². The van der Waals surface area contributed by atoms with E-state index >= 15 is 0 Å². The smallest absolute Gasteiger partial charge is 0.180 e. The van der Waals surface area contributed by atoms with Gasteiger partial charge in [0.2, 0.25) is 0 Å². The lowest BCUT2D eigenvalue weighted by atomic mass is 9.94. The average molecular weight is 850 g/mol. The highest BCUT2D eigenvalue weighted by Gasteiger charge is 2.49. The zero-order valence-corrected chi connectivity index (χ0v) is 37.7. The molecule has 0 unspecified atom stereocenters. The van der Waals surface area contributed by atoms with Gasteiger partial charge in [0.25, 0.3) is 0 Å². The number of hydrogen-bond donors (Lipinski definition) is 0. The third-order valence-electron chi connectivity index (χ3n) is 13.6. The highest BCUT2D eigenvalue weighted by atomic mass is 28.3. The minimum Gasteiger partial charge on any atom is -0.208 e. The summed E-state index contributed by atoms with van der Waals surface area (Å²) in [6.07, 6.45) is 0. The fourth-order valence-corrected chi connectivity index (χ4v) is 18.9. The van der Waals surface area contributed by atoms with Gasteiger partial charge in [0, 0.05) is 16.7 Å². The summed E-state index contributed by atoms with van der Waals surface area (Å²) in [6.45, 7) is 4.94. The molecule has 0 amide bonds. The molecule has 64 heavy (non-hydrogen) atoms. The first-order valence-corrected chi connectivity index (χ1v) is 27.1. The van der Waals surface area contributed by atoms with Crippen molar-refractivity contribution in [3.63, 3.8) is 0 Å². The molecule has 9 aromatic carbocycles. The van der Waals surface area contributed by atoms with Crippen molar-refractivity contribution in [1.82, 2.24) is 15.0 Å². The van der Waals surface area contributed by atoms with Crippen molar-refractivity contribution >= 4 is 47.3 Å². The van der Waals surface area contributed by atoms with Gasteiger partial charge in [0.15, 0.2) is 25.5 Å². The summed E-state index contributed by atoms with van der Waals surface area (Å²) in [6, 6.07) is 82.2. The summed E-state index contributed by atoms with van der Waals surface area (Å²) in [5.41, 5.74) is 12.9. The molecule has 2 aliphatic heterocycles. The zero-order valence-electron chi connectivity index (χ0n) is 35.7. The maximum atomic E-state index is 5.54. The summed E-state index contributed by atoms with van der Waals surface area (Å²) < 4.78 is 0. The van der Waals surface area contributed by atoms with E-state index in [4.69, 9.17) is 15.0 Å². The molecular weight excluding hydrogens is 807 g/mol. The van der Waals surface area contributed by atoms with Gasteiger partial charge in [0.05, 0.1) is 0 Å². The fraction of sp³-hybridized carbons (Fsp3) is 0.0339. The van der Waals surface area contributed by atoms with Gasteiger partial charge < -0.3 is 0 Å². The molecule has 0 spiro atoms. The van der Waals surface area contributed by atoms with E-state index in [1.54, 1.807) is 0 Å². The Balaban J connectivity index is 1.12. The molecule has 0 atom stereocenters. The van der Waals surface area contributed by atoms with E-state index in [1.807, 2.05) is 6.07 Å². The van der Waals surface area contributed by atoms with E-state index < -0.39 is 16.1 Å². The van der Waals surface area contributed by atoms with E-state index in [2.05, 4.69) is 231 Å². The van der Waals surface area contributed by atoms with Crippen LogP contribution in [0.3, 0.4) is 0 Å². The molecule has 0 fully saturated rings. The predicted molar refractivity (Wildman–Crippen MR) is 272 cm³/mol. The molecule has 3 nitrogen and oxygen atoms in total. The quantitative estimate of drug-likeness (QED) is 0.150. The Kier molecular flexibility index (Phi) is 8.97. The molecule has 302 valence electrons. The first-order chi connectivity index (χ1) is 31.5. The first-order valence-electron chi connectivity index (χ1n) is 22.1. The molecule has 0 saturated heterocycles. The van der Waals surface area contributed by atoms with Gasteiger partial charge >= 0.3 is 0 Å². The molecule has 0 bridgehead atoms. The molecule has 0 radical (unpaired) electrons. The van der Waals surface area contributed by atoms with Crippen molar-refractivity contribution in [2.24, 2.45) is 0 Å². The van der Waals surface area contributed by atoms with Gasteiger partial charge in [-0.05, 0) is 81.7 Å². The summed E-state index contributed by atoms with van der Waals surface area (Å²) in [7, 11) is -4.93. The largest absolute Gasteiger partial charge is 0.208 e. The Morgan fingerprint density at radius 1 is 0.266 bits per heavy atom. The second-order valence-corrected chi connectivity index (χ2v) is 25.6. The van der Waals surface area contributed by atoms with E-state index in [1.165, 1.54) is 64.5 Å². The van der Waals surface area contributed by atoms with Crippen LogP contribution in [0.15, 0.2) is 224 Å². The third-order valence-corrected chi connectivity index (χ3v) is 22.0.